The van der Waals surface area contributed by atoms with Crippen LogP contribution >= 0.6 is 0 Å². The van der Waals surface area contributed by atoms with Crippen molar-refractivity contribution in [2.45, 2.75) is 13.8 Å². The maximum atomic E-state index is 12.7. The summed E-state index contributed by atoms with van der Waals surface area (Å²) in [5.74, 6) is 1.65. The summed E-state index contributed by atoms with van der Waals surface area (Å²) in [6.45, 7) is 7.00. The predicted molar refractivity (Wildman–Crippen MR) is 118 cm³/mol. The molecule has 0 bridgehead atoms. The third-order valence-corrected chi connectivity index (χ3v) is 5.68. The minimum Gasteiger partial charge on any atom is -0.497 e. The van der Waals surface area contributed by atoms with E-state index in [1.54, 1.807) is 7.11 Å². The fraction of sp³-hybridized carbons (Fsp3) is 0.292. The van der Waals surface area contributed by atoms with E-state index in [0.29, 0.717) is 18.7 Å². The molecule has 2 aromatic carbocycles. The first-order chi connectivity index (χ1) is 14.5. The summed E-state index contributed by atoms with van der Waals surface area (Å²) in [5, 5.41) is 8.87. The van der Waals surface area contributed by atoms with Gasteiger partial charge in [0.25, 0.3) is 5.91 Å². The largest absolute Gasteiger partial charge is 0.497 e. The van der Waals surface area contributed by atoms with E-state index in [9.17, 15) is 4.79 Å². The molecule has 3 aromatic rings. The summed E-state index contributed by atoms with van der Waals surface area (Å²) >= 11 is 0. The Labute approximate surface area is 177 Å². The first kappa shape index (κ1) is 19.9. The first-order valence-electron chi connectivity index (χ1n) is 10.1. The summed E-state index contributed by atoms with van der Waals surface area (Å²) in [6.07, 6.45) is 0. The van der Waals surface area contributed by atoms with Crippen LogP contribution in [-0.2, 0) is 0 Å². The highest BCUT2D eigenvalue weighted by molar-refractivity contribution is 5.94. The average Bonchev–Trinajstić information content (AvgIpc) is 2.81. The molecule has 1 aliphatic rings. The number of carbonyl (C=O) groups excluding carboxylic acids is 1. The molecule has 0 unspecified atom stereocenters. The molecule has 4 rings (SSSR count). The monoisotopic (exact) mass is 402 g/mol. The Kier molecular flexibility index (Phi) is 5.65. The smallest absolute Gasteiger partial charge is 0.253 e. The van der Waals surface area contributed by atoms with Crippen molar-refractivity contribution < 1.29 is 9.53 Å². The summed E-state index contributed by atoms with van der Waals surface area (Å²) in [7, 11) is 1.62. The zero-order valence-electron chi connectivity index (χ0n) is 17.6. The van der Waals surface area contributed by atoms with Gasteiger partial charge in [0.05, 0.1) is 12.8 Å². The lowest BCUT2D eigenvalue weighted by Crippen LogP contribution is -2.49. The number of carbonyl (C=O) groups is 1. The van der Waals surface area contributed by atoms with Crippen molar-refractivity contribution in [3.05, 3.63) is 71.3 Å². The van der Waals surface area contributed by atoms with Gasteiger partial charge in [0, 0.05) is 37.3 Å². The van der Waals surface area contributed by atoms with Gasteiger partial charge in [-0.1, -0.05) is 12.1 Å². The van der Waals surface area contributed by atoms with E-state index >= 15 is 0 Å². The van der Waals surface area contributed by atoms with Crippen LogP contribution in [0.5, 0.6) is 5.75 Å². The maximum Gasteiger partial charge on any atom is 0.253 e. The van der Waals surface area contributed by atoms with Crippen LogP contribution in [0, 0.1) is 13.8 Å². The number of ether oxygens (including phenoxy) is 1. The number of aromatic nitrogens is 2. The van der Waals surface area contributed by atoms with Crippen LogP contribution in [0.15, 0.2) is 54.6 Å². The number of piperazine rings is 1. The molecule has 0 saturated carbocycles. The van der Waals surface area contributed by atoms with Crippen molar-refractivity contribution in [2.75, 3.05) is 38.2 Å². The summed E-state index contributed by atoms with van der Waals surface area (Å²) in [5.41, 5.74) is 5.14. The number of hydrogen-bond acceptors (Lipinski definition) is 5. The molecule has 1 aromatic heterocycles. The van der Waals surface area contributed by atoms with E-state index in [4.69, 9.17) is 4.74 Å². The summed E-state index contributed by atoms with van der Waals surface area (Å²) < 4.78 is 5.16. The van der Waals surface area contributed by atoms with Gasteiger partial charge >= 0.3 is 0 Å². The standard InChI is InChI=1S/C24H26N4O2/c1-17-4-5-20(16-18(17)2)22-10-11-23(26-25-22)27-12-14-28(15-13-27)24(29)19-6-8-21(30-3)9-7-19/h4-11,16H,12-15H2,1-3H3. The van der Waals surface area contributed by atoms with Gasteiger partial charge in [-0.15, -0.1) is 10.2 Å². The molecular weight excluding hydrogens is 376 g/mol. The summed E-state index contributed by atoms with van der Waals surface area (Å²) in [4.78, 5) is 16.8. The molecule has 30 heavy (non-hydrogen) atoms. The SMILES string of the molecule is COc1ccc(C(=O)N2CCN(c3ccc(-c4ccc(C)c(C)c4)nn3)CC2)cc1. The molecule has 0 radical (unpaired) electrons. The van der Waals surface area contributed by atoms with Crippen molar-refractivity contribution in [3.8, 4) is 17.0 Å². The van der Waals surface area contributed by atoms with Crippen LogP contribution in [0.25, 0.3) is 11.3 Å². The van der Waals surface area contributed by atoms with Crippen molar-refractivity contribution >= 4 is 11.7 Å². The Bertz CT molecular complexity index is 1020. The molecule has 0 atom stereocenters. The average molecular weight is 402 g/mol. The number of nitrogens with zero attached hydrogens (tertiary/aromatic N) is 4. The topological polar surface area (TPSA) is 58.6 Å². The zero-order valence-corrected chi connectivity index (χ0v) is 17.6. The first-order valence-corrected chi connectivity index (χ1v) is 10.1. The molecule has 1 aliphatic heterocycles. The van der Waals surface area contributed by atoms with E-state index < -0.39 is 0 Å². The maximum absolute atomic E-state index is 12.7. The van der Waals surface area contributed by atoms with Crippen LogP contribution in [0.2, 0.25) is 0 Å². The Morgan fingerprint density at radius 1 is 0.867 bits per heavy atom. The van der Waals surface area contributed by atoms with Gasteiger partial charge in [-0.3, -0.25) is 4.79 Å². The lowest BCUT2D eigenvalue weighted by atomic mass is 10.0. The molecule has 1 fully saturated rings. The van der Waals surface area contributed by atoms with Crippen molar-refractivity contribution in [3.63, 3.8) is 0 Å². The van der Waals surface area contributed by atoms with Crippen LogP contribution in [-0.4, -0.2) is 54.3 Å². The number of amides is 1. The Balaban J connectivity index is 1.38. The van der Waals surface area contributed by atoms with Gasteiger partial charge in [-0.25, -0.2) is 0 Å². The van der Waals surface area contributed by atoms with Crippen LogP contribution in [0.3, 0.4) is 0 Å². The van der Waals surface area contributed by atoms with Gasteiger partial charge in [0.1, 0.15) is 5.75 Å². The predicted octanol–water partition coefficient (Wildman–Crippen LogP) is 3.73. The van der Waals surface area contributed by atoms with E-state index in [-0.39, 0.29) is 5.91 Å². The molecule has 2 heterocycles. The third-order valence-electron chi connectivity index (χ3n) is 5.68. The van der Waals surface area contributed by atoms with Gasteiger partial charge in [0.15, 0.2) is 5.82 Å². The number of methoxy groups -OCH3 is 1. The van der Waals surface area contributed by atoms with Crippen LogP contribution < -0.4 is 9.64 Å². The van der Waals surface area contributed by atoms with Crippen LogP contribution in [0.4, 0.5) is 5.82 Å². The highest BCUT2D eigenvalue weighted by atomic mass is 16.5. The Morgan fingerprint density at radius 2 is 1.60 bits per heavy atom. The number of rotatable bonds is 4. The molecular formula is C24H26N4O2. The quantitative estimate of drug-likeness (QED) is 0.666. The second-order valence-corrected chi connectivity index (χ2v) is 7.58. The minimum absolute atomic E-state index is 0.0495. The normalized spacial score (nSPS) is 14.0. The molecule has 0 N–H and O–H groups in total. The Hall–Kier alpha value is -3.41. The van der Waals surface area contributed by atoms with E-state index in [1.165, 1.54) is 11.1 Å². The second kappa shape index (κ2) is 8.53. The molecule has 1 saturated heterocycles. The second-order valence-electron chi connectivity index (χ2n) is 7.58. The number of hydrogen-bond donors (Lipinski definition) is 0. The molecule has 6 nitrogen and oxygen atoms in total. The molecule has 6 heteroatoms. The lowest BCUT2D eigenvalue weighted by Gasteiger charge is -2.35. The molecule has 1 amide bonds. The van der Waals surface area contributed by atoms with E-state index in [2.05, 4.69) is 47.1 Å². The van der Waals surface area contributed by atoms with E-state index in [0.717, 1.165) is 35.9 Å². The summed E-state index contributed by atoms with van der Waals surface area (Å²) in [6, 6.07) is 17.6. The fourth-order valence-electron chi connectivity index (χ4n) is 3.60. The van der Waals surface area contributed by atoms with Gasteiger partial charge in [-0.2, -0.15) is 0 Å². The lowest BCUT2D eigenvalue weighted by molar-refractivity contribution is 0.0746. The molecule has 0 spiro atoms. The fourth-order valence-corrected chi connectivity index (χ4v) is 3.60. The third kappa shape index (κ3) is 4.13. The van der Waals surface area contributed by atoms with Gasteiger partial charge < -0.3 is 14.5 Å². The van der Waals surface area contributed by atoms with Gasteiger partial charge in [-0.05, 0) is 67.4 Å². The van der Waals surface area contributed by atoms with Crippen molar-refractivity contribution in [1.82, 2.24) is 15.1 Å². The van der Waals surface area contributed by atoms with Gasteiger partial charge in [0.2, 0.25) is 0 Å². The zero-order chi connectivity index (χ0) is 21.1. The van der Waals surface area contributed by atoms with Crippen molar-refractivity contribution in [2.24, 2.45) is 0 Å². The number of benzene rings is 2. The van der Waals surface area contributed by atoms with Crippen molar-refractivity contribution in [1.29, 1.82) is 0 Å². The highest BCUT2D eigenvalue weighted by Gasteiger charge is 2.23. The highest BCUT2D eigenvalue weighted by Crippen LogP contribution is 2.22. The Morgan fingerprint density at radius 3 is 2.20 bits per heavy atom. The van der Waals surface area contributed by atoms with Crippen LogP contribution in [0.1, 0.15) is 21.5 Å². The molecule has 154 valence electrons. The minimum atomic E-state index is 0.0495. The van der Waals surface area contributed by atoms with E-state index in [1.807, 2.05) is 41.3 Å². The molecule has 0 aliphatic carbocycles. The number of anilines is 1. The number of aryl methyl sites for hydroxylation is 2.